The van der Waals surface area contributed by atoms with Crippen LogP contribution in [0.1, 0.15) is 23.7 Å². The van der Waals surface area contributed by atoms with Crippen LogP contribution in [0, 0.1) is 17.7 Å². The van der Waals surface area contributed by atoms with Crippen LogP contribution in [0.5, 0.6) is 11.5 Å². The second-order valence-corrected chi connectivity index (χ2v) is 9.18. The van der Waals surface area contributed by atoms with Crippen LogP contribution in [0.25, 0.3) is 21.5 Å². The zero-order chi connectivity index (χ0) is 26.1. The van der Waals surface area contributed by atoms with E-state index in [0.29, 0.717) is 41.9 Å². The lowest BCUT2D eigenvalue weighted by atomic mass is 10.1. The molecule has 9 nitrogen and oxygen atoms in total. The lowest BCUT2D eigenvalue weighted by molar-refractivity contribution is -0.125. The molecule has 188 valence electrons. The predicted octanol–water partition coefficient (Wildman–Crippen LogP) is 3.65. The average molecular weight is 519 g/mol. The molecule has 4 aromatic rings. The van der Waals surface area contributed by atoms with E-state index in [1.807, 2.05) is 10.1 Å². The van der Waals surface area contributed by atoms with E-state index in [4.69, 9.17) is 20.3 Å². The van der Waals surface area contributed by atoms with Crippen molar-refractivity contribution in [2.75, 3.05) is 33.0 Å². The molecular formula is C26H23FN6O3S. The highest BCUT2D eigenvalue weighted by Gasteiger charge is 2.30. The van der Waals surface area contributed by atoms with E-state index in [-0.39, 0.29) is 29.1 Å². The molecular weight excluding hydrogens is 495 g/mol. The smallest absolute Gasteiger partial charge is 0.246 e. The zero-order valence-electron chi connectivity index (χ0n) is 20.2. The third-order valence-electron chi connectivity index (χ3n) is 6.20. The zero-order valence-corrected chi connectivity index (χ0v) is 21.0. The number of hydrogen-bond acceptors (Lipinski definition) is 8. The van der Waals surface area contributed by atoms with Crippen molar-refractivity contribution in [3.05, 3.63) is 59.6 Å². The van der Waals surface area contributed by atoms with Gasteiger partial charge in [-0.3, -0.25) is 9.48 Å². The molecule has 3 aromatic heterocycles. The number of aromatic nitrogens is 4. The summed E-state index contributed by atoms with van der Waals surface area (Å²) >= 11 is 1.46. The number of carbonyl (C=O) groups excluding carboxylic acids is 1. The van der Waals surface area contributed by atoms with Gasteiger partial charge in [0.1, 0.15) is 22.3 Å². The highest BCUT2D eigenvalue weighted by Crippen LogP contribution is 2.37. The Kier molecular flexibility index (Phi) is 6.50. The van der Waals surface area contributed by atoms with Gasteiger partial charge in [-0.15, -0.1) is 11.3 Å². The van der Waals surface area contributed by atoms with E-state index in [9.17, 15) is 9.18 Å². The number of nitrogens with zero attached hydrogens (tertiary/aromatic N) is 5. The van der Waals surface area contributed by atoms with Crippen molar-refractivity contribution in [2.45, 2.75) is 12.5 Å². The largest absolute Gasteiger partial charge is 0.497 e. The molecule has 1 aliphatic rings. The first-order valence-electron chi connectivity index (χ1n) is 11.4. The van der Waals surface area contributed by atoms with Gasteiger partial charge in [0.25, 0.3) is 0 Å². The number of hydrogen-bond donors (Lipinski definition) is 1. The average Bonchev–Trinajstić information content (AvgIpc) is 3.68. The van der Waals surface area contributed by atoms with Crippen LogP contribution in [-0.4, -0.2) is 57.9 Å². The molecule has 0 radical (unpaired) electrons. The van der Waals surface area contributed by atoms with Gasteiger partial charge < -0.3 is 20.1 Å². The van der Waals surface area contributed by atoms with Crippen molar-refractivity contribution < 1.29 is 18.7 Å². The Morgan fingerprint density at radius 1 is 1.30 bits per heavy atom. The summed E-state index contributed by atoms with van der Waals surface area (Å²) in [6.07, 6.45) is 5.37. The second kappa shape index (κ2) is 9.91. The third-order valence-corrected chi connectivity index (χ3v) is 7.00. The molecule has 0 bridgehead atoms. The number of fused-ring (bicyclic) bond motifs is 1. The molecule has 4 heterocycles. The van der Waals surface area contributed by atoms with Gasteiger partial charge in [0, 0.05) is 36.9 Å². The standard InChI is InChI=1S/C26H23FN6O3S/c1-4-21(34)32-9-7-16(14-32)33-24-18(26-29-8-10-37-26)13-30-25(28)22(24)19(31-33)6-5-15-11-17(35-2)12-20(36-3)23(15)27/h4,8,10-13,16H,1,7,9,14H2,2-3H3,(H2,28,30)/t16-/m0/s1. The lowest BCUT2D eigenvalue weighted by Crippen LogP contribution is -2.27. The van der Waals surface area contributed by atoms with E-state index in [1.165, 1.54) is 43.8 Å². The summed E-state index contributed by atoms with van der Waals surface area (Å²) < 4.78 is 27.2. The minimum atomic E-state index is -0.608. The molecule has 0 spiro atoms. The Hall–Kier alpha value is -4.43. The fourth-order valence-corrected chi connectivity index (χ4v) is 5.04. The van der Waals surface area contributed by atoms with E-state index < -0.39 is 5.82 Å². The number of nitrogen functional groups attached to an aromatic ring is 1. The van der Waals surface area contributed by atoms with Crippen molar-refractivity contribution >= 4 is 34.0 Å². The van der Waals surface area contributed by atoms with E-state index in [1.54, 1.807) is 17.3 Å². The lowest BCUT2D eigenvalue weighted by Gasteiger charge is -2.16. The van der Waals surface area contributed by atoms with Gasteiger partial charge in [-0.05, 0) is 24.5 Å². The first-order chi connectivity index (χ1) is 17.9. The number of likely N-dealkylation sites (tertiary alicyclic amines) is 1. The quantitative estimate of drug-likeness (QED) is 0.317. The Morgan fingerprint density at radius 3 is 2.84 bits per heavy atom. The van der Waals surface area contributed by atoms with Crippen LogP contribution in [0.15, 0.2) is 42.6 Å². The Balaban J connectivity index is 1.69. The molecule has 1 aromatic carbocycles. The Bertz CT molecular complexity index is 1570. The number of methoxy groups -OCH3 is 2. The Morgan fingerprint density at radius 2 is 2.14 bits per heavy atom. The molecule has 0 aliphatic carbocycles. The van der Waals surface area contributed by atoms with Crippen LogP contribution in [-0.2, 0) is 4.79 Å². The van der Waals surface area contributed by atoms with E-state index in [0.717, 1.165) is 10.6 Å². The normalized spacial score (nSPS) is 14.9. The minimum Gasteiger partial charge on any atom is -0.497 e. The van der Waals surface area contributed by atoms with Crippen LogP contribution in [0.4, 0.5) is 10.2 Å². The molecule has 1 aliphatic heterocycles. The summed E-state index contributed by atoms with van der Waals surface area (Å²) in [6.45, 7) is 4.61. The number of pyridine rings is 1. The molecule has 2 N–H and O–H groups in total. The molecule has 11 heteroatoms. The van der Waals surface area contributed by atoms with Crippen LogP contribution in [0.2, 0.25) is 0 Å². The highest BCUT2D eigenvalue weighted by molar-refractivity contribution is 7.13. The summed E-state index contributed by atoms with van der Waals surface area (Å²) in [6, 6.07) is 2.81. The maximum Gasteiger partial charge on any atom is 0.246 e. The summed E-state index contributed by atoms with van der Waals surface area (Å²) in [5, 5.41) is 7.97. The van der Waals surface area contributed by atoms with Gasteiger partial charge in [0.15, 0.2) is 11.6 Å². The molecule has 1 fully saturated rings. The molecule has 5 rings (SSSR count). The molecule has 1 amide bonds. The van der Waals surface area contributed by atoms with Crippen molar-refractivity contribution in [1.29, 1.82) is 0 Å². The van der Waals surface area contributed by atoms with E-state index in [2.05, 4.69) is 28.4 Å². The van der Waals surface area contributed by atoms with Crippen molar-refractivity contribution in [2.24, 2.45) is 0 Å². The molecule has 0 saturated carbocycles. The number of halogens is 1. The Labute approximate surface area is 216 Å². The van der Waals surface area contributed by atoms with Crippen molar-refractivity contribution in [3.8, 4) is 33.9 Å². The number of benzene rings is 1. The second-order valence-electron chi connectivity index (χ2n) is 8.28. The molecule has 37 heavy (non-hydrogen) atoms. The number of amides is 1. The maximum absolute atomic E-state index is 14.9. The van der Waals surface area contributed by atoms with Gasteiger partial charge >= 0.3 is 0 Å². The van der Waals surface area contributed by atoms with Gasteiger partial charge in [-0.1, -0.05) is 12.5 Å². The van der Waals surface area contributed by atoms with Gasteiger partial charge in [-0.25, -0.2) is 14.4 Å². The van der Waals surface area contributed by atoms with Gasteiger partial charge in [0.2, 0.25) is 5.91 Å². The fraction of sp³-hybridized carbons (Fsp3) is 0.231. The minimum absolute atomic E-state index is 0.0178. The highest BCUT2D eigenvalue weighted by atomic mass is 32.1. The van der Waals surface area contributed by atoms with Crippen molar-refractivity contribution in [1.82, 2.24) is 24.6 Å². The van der Waals surface area contributed by atoms with Crippen LogP contribution >= 0.6 is 11.3 Å². The molecule has 1 saturated heterocycles. The van der Waals surface area contributed by atoms with Gasteiger partial charge in [-0.2, -0.15) is 5.10 Å². The molecule has 1 atom stereocenters. The van der Waals surface area contributed by atoms with E-state index >= 15 is 0 Å². The summed E-state index contributed by atoms with van der Waals surface area (Å²) in [5.41, 5.74) is 8.23. The number of carbonyl (C=O) groups is 1. The third kappa shape index (κ3) is 4.36. The number of thiazole rings is 1. The molecule has 0 unspecified atom stereocenters. The van der Waals surface area contributed by atoms with Crippen LogP contribution in [0.3, 0.4) is 0 Å². The number of nitrogens with two attached hydrogens (primary N) is 1. The SMILES string of the molecule is C=CC(=O)N1CC[C@H](n2nc(C#Cc3cc(OC)cc(OC)c3F)c3c(N)ncc(-c4nccs4)c32)C1. The van der Waals surface area contributed by atoms with Crippen LogP contribution < -0.4 is 15.2 Å². The van der Waals surface area contributed by atoms with Gasteiger partial charge in [0.05, 0.1) is 42.3 Å². The summed E-state index contributed by atoms with van der Waals surface area (Å²) in [7, 11) is 2.85. The topological polar surface area (TPSA) is 108 Å². The monoisotopic (exact) mass is 518 g/mol. The summed E-state index contributed by atoms with van der Waals surface area (Å²) in [4.78, 5) is 22.8. The first-order valence-corrected chi connectivity index (χ1v) is 12.2. The summed E-state index contributed by atoms with van der Waals surface area (Å²) in [5.74, 6) is 5.76. The number of ether oxygens (including phenoxy) is 2. The number of rotatable bonds is 5. The first kappa shape index (κ1) is 24.3. The fourth-order valence-electron chi connectivity index (χ4n) is 4.39. The maximum atomic E-state index is 14.9. The number of anilines is 1. The van der Waals surface area contributed by atoms with Crippen molar-refractivity contribution in [3.63, 3.8) is 0 Å². The predicted molar refractivity (Wildman–Crippen MR) is 139 cm³/mol.